The summed E-state index contributed by atoms with van der Waals surface area (Å²) in [6.45, 7) is 2.29. The van der Waals surface area contributed by atoms with Gasteiger partial charge in [0.25, 0.3) is 0 Å². The minimum absolute atomic E-state index is 0.280. The van der Waals surface area contributed by atoms with Crippen molar-refractivity contribution in [1.29, 1.82) is 0 Å². The van der Waals surface area contributed by atoms with E-state index < -0.39 is 18.2 Å². The van der Waals surface area contributed by atoms with Gasteiger partial charge in [-0.2, -0.15) is 13.2 Å². The van der Waals surface area contributed by atoms with Crippen molar-refractivity contribution in [2.24, 2.45) is 10.4 Å². The summed E-state index contributed by atoms with van der Waals surface area (Å²) in [6, 6.07) is 0. The highest BCUT2D eigenvalue weighted by Gasteiger charge is 2.48. The van der Waals surface area contributed by atoms with Crippen molar-refractivity contribution in [3.05, 3.63) is 12.2 Å². The van der Waals surface area contributed by atoms with E-state index in [-0.39, 0.29) is 5.90 Å². The molecule has 0 atom stereocenters. The lowest BCUT2D eigenvalue weighted by Crippen LogP contribution is -2.37. The number of nitrogens with zero attached hydrogens (tertiary/aromatic N) is 1. The zero-order chi connectivity index (χ0) is 10.8. The van der Waals surface area contributed by atoms with Crippen LogP contribution in [-0.2, 0) is 4.74 Å². The molecular weight excluding hydrogens is 195 g/mol. The molecule has 0 aromatic carbocycles. The molecule has 0 N–H and O–H groups in total. The van der Waals surface area contributed by atoms with Gasteiger partial charge >= 0.3 is 6.18 Å². The van der Waals surface area contributed by atoms with Crippen LogP contribution < -0.4 is 0 Å². The second kappa shape index (κ2) is 3.63. The first-order chi connectivity index (χ1) is 6.33. The van der Waals surface area contributed by atoms with Crippen molar-refractivity contribution in [3.63, 3.8) is 0 Å². The lowest BCUT2D eigenvalue weighted by molar-refractivity contribution is -0.220. The van der Waals surface area contributed by atoms with E-state index >= 15 is 0 Å². The lowest BCUT2D eigenvalue weighted by Gasteiger charge is -2.27. The molecule has 80 valence electrons. The van der Waals surface area contributed by atoms with Crippen molar-refractivity contribution < 1.29 is 17.9 Å². The minimum atomic E-state index is -4.25. The van der Waals surface area contributed by atoms with Crippen molar-refractivity contribution in [2.75, 3.05) is 13.2 Å². The van der Waals surface area contributed by atoms with E-state index in [1.807, 2.05) is 0 Å². The number of rotatable bonds is 2. The Labute approximate surface area is 80.5 Å². The fraction of sp³-hybridized carbons (Fsp3) is 0.667. The maximum Gasteiger partial charge on any atom is 0.397 e. The Hall–Kier alpha value is -1.00. The van der Waals surface area contributed by atoms with Crippen molar-refractivity contribution in [2.45, 2.75) is 20.0 Å². The second-order valence-electron chi connectivity index (χ2n) is 3.75. The van der Waals surface area contributed by atoms with E-state index in [1.165, 1.54) is 0 Å². The summed E-state index contributed by atoms with van der Waals surface area (Å²) < 4.78 is 42.0. The van der Waals surface area contributed by atoms with Gasteiger partial charge in [0.1, 0.15) is 6.61 Å². The molecular formula is C9H12F3NO. The second-order valence-corrected chi connectivity index (χ2v) is 3.75. The fourth-order valence-electron chi connectivity index (χ4n) is 0.779. The average Bonchev–Trinajstić information content (AvgIpc) is 2.50. The van der Waals surface area contributed by atoms with E-state index in [2.05, 4.69) is 4.99 Å². The van der Waals surface area contributed by atoms with Gasteiger partial charge < -0.3 is 4.74 Å². The maximum absolute atomic E-state index is 12.4. The number of hydrogen-bond donors (Lipinski definition) is 0. The first-order valence-electron chi connectivity index (χ1n) is 4.23. The number of hydrogen-bond acceptors (Lipinski definition) is 2. The van der Waals surface area contributed by atoms with Gasteiger partial charge in [-0.1, -0.05) is 6.08 Å². The summed E-state index contributed by atoms with van der Waals surface area (Å²) in [5.74, 6) is 0.280. The molecule has 1 rings (SSSR count). The third-order valence-electron chi connectivity index (χ3n) is 1.96. The summed E-state index contributed by atoms with van der Waals surface area (Å²) in [5.41, 5.74) is -1.84. The Bertz CT molecular complexity index is 266. The number of ether oxygens (including phenoxy) is 1. The predicted molar refractivity (Wildman–Crippen MR) is 47.2 cm³/mol. The van der Waals surface area contributed by atoms with Gasteiger partial charge in [-0.05, 0) is 19.9 Å². The molecule has 0 bridgehead atoms. The molecule has 2 nitrogen and oxygen atoms in total. The Morgan fingerprint density at radius 1 is 1.43 bits per heavy atom. The molecule has 0 aliphatic carbocycles. The Morgan fingerprint density at radius 3 is 2.50 bits per heavy atom. The van der Waals surface area contributed by atoms with Gasteiger partial charge in [0.05, 0.1) is 12.0 Å². The van der Waals surface area contributed by atoms with Gasteiger partial charge in [0.2, 0.25) is 5.90 Å². The molecule has 0 aromatic heterocycles. The van der Waals surface area contributed by atoms with Gasteiger partial charge in [0, 0.05) is 0 Å². The monoisotopic (exact) mass is 207 g/mol. The van der Waals surface area contributed by atoms with Crippen LogP contribution in [0.4, 0.5) is 13.2 Å². The number of aliphatic imine (C=N–C) groups is 1. The zero-order valence-corrected chi connectivity index (χ0v) is 8.06. The van der Waals surface area contributed by atoms with E-state index in [4.69, 9.17) is 4.74 Å². The molecule has 0 radical (unpaired) electrons. The summed E-state index contributed by atoms with van der Waals surface area (Å²) in [7, 11) is 0. The van der Waals surface area contributed by atoms with Gasteiger partial charge in [0.15, 0.2) is 0 Å². The maximum atomic E-state index is 12.4. The third kappa shape index (κ3) is 2.49. The molecule has 5 heteroatoms. The molecule has 1 aliphatic heterocycles. The summed E-state index contributed by atoms with van der Waals surface area (Å²) in [6.07, 6.45) is -0.946. The molecule has 0 aromatic rings. The van der Waals surface area contributed by atoms with Crippen LogP contribution in [0.5, 0.6) is 0 Å². The number of halogens is 3. The highest BCUT2D eigenvalue weighted by molar-refractivity contribution is 5.89. The Kier molecular flexibility index (Phi) is 2.87. The van der Waals surface area contributed by atoms with Crippen LogP contribution in [0.1, 0.15) is 13.8 Å². The quantitative estimate of drug-likeness (QED) is 0.681. The van der Waals surface area contributed by atoms with Crippen LogP contribution in [0.3, 0.4) is 0 Å². The standard InChI is InChI=1S/C9H12F3NO/c1-8(2,9(10,11)12)6-14-7-4-3-5-13-7/h3-4H,5-6H2,1-2H3. The number of alkyl halides is 3. The first kappa shape index (κ1) is 11.1. The fourth-order valence-corrected chi connectivity index (χ4v) is 0.779. The van der Waals surface area contributed by atoms with E-state index in [1.54, 1.807) is 12.2 Å². The molecule has 0 saturated heterocycles. The van der Waals surface area contributed by atoms with Crippen LogP contribution in [0.2, 0.25) is 0 Å². The largest absolute Gasteiger partial charge is 0.477 e. The van der Waals surface area contributed by atoms with Crippen LogP contribution in [0.25, 0.3) is 0 Å². The summed E-state index contributed by atoms with van der Waals surface area (Å²) >= 11 is 0. The van der Waals surface area contributed by atoms with Crippen LogP contribution in [-0.4, -0.2) is 25.2 Å². The van der Waals surface area contributed by atoms with Crippen molar-refractivity contribution in [3.8, 4) is 0 Å². The molecule has 1 heterocycles. The highest BCUT2D eigenvalue weighted by Crippen LogP contribution is 2.37. The SMILES string of the molecule is CC(C)(COC1=NCC=C1)C(F)(F)F. The highest BCUT2D eigenvalue weighted by atomic mass is 19.4. The van der Waals surface area contributed by atoms with E-state index in [9.17, 15) is 13.2 Å². The minimum Gasteiger partial charge on any atom is -0.477 e. The molecule has 0 fully saturated rings. The summed E-state index contributed by atoms with van der Waals surface area (Å²) in [4.78, 5) is 3.84. The van der Waals surface area contributed by atoms with Gasteiger partial charge in [-0.25, -0.2) is 4.99 Å². The topological polar surface area (TPSA) is 21.6 Å². The Balaban J connectivity index is 2.48. The molecule has 0 unspecified atom stereocenters. The third-order valence-corrected chi connectivity index (χ3v) is 1.96. The van der Waals surface area contributed by atoms with Gasteiger partial charge in [-0.3, -0.25) is 0 Å². The lowest BCUT2D eigenvalue weighted by atomic mass is 9.94. The first-order valence-corrected chi connectivity index (χ1v) is 4.23. The van der Waals surface area contributed by atoms with Crippen molar-refractivity contribution >= 4 is 5.90 Å². The van der Waals surface area contributed by atoms with Crippen LogP contribution >= 0.6 is 0 Å². The zero-order valence-electron chi connectivity index (χ0n) is 8.06. The Morgan fingerprint density at radius 2 is 2.07 bits per heavy atom. The average molecular weight is 207 g/mol. The molecule has 0 saturated carbocycles. The smallest absolute Gasteiger partial charge is 0.397 e. The van der Waals surface area contributed by atoms with E-state index in [0.29, 0.717) is 6.54 Å². The molecule has 0 amide bonds. The van der Waals surface area contributed by atoms with E-state index in [0.717, 1.165) is 13.8 Å². The normalized spacial score (nSPS) is 17.1. The molecule has 0 spiro atoms. The van der Waals surface area contributed by atoms with Crippen molar-refractivity contribution in [1.82, 2.24) is 0 Å². The molecule has 14 heavy (non-hydrogen) atoms. The summed E-state index contributed by atoms with van der Waals surface area (Å²) in [5, 5.41) is 0. The predicted octanol–water partition coefficient (Wildman–Crippen LogP) is 2.56. The van der Waals surface area contributed by atoms with Crippen LogP contribution in [0.15, 0.2) is 17.1 Å². The molecule has 1 aliphatic rings. The van der Waals surface area contributed by atoms with Crippen LogP contribution in [0, 0.1) is 5.41 Å². The van der Waals surface area contributed by atoms with Gasteiger partial charge in [-0.15, -0.1) is 0 Å².